The van der Waals surface area contributed by atoms with Gasteiger partial charge in [0.2, 0.25) is 0 Å². The summed E-state index contributed by atoms with van der Waals surface area (Å²) in [6.07, 6.45) is 0. The van der Waals surface area contributed by atoms with Gasteiger partial charge in [-0.25, -0.2) is 0 Å². The molecule has 0 bridgehead atoms. The minimum atomic E-state index is -0.0823. The van der Waals surface area contributed by atoms with E-state index in [0.29, 0.717) is 12.5 Å². The second-order valence-electron chi connectivity index (χ2n) is 5.56. The molecule has 2 nitrogen and oxygen atoms in total. The molecular weight excluding hydrogens is 246 g/mol. The first-order chi connectivity index (χ1) is 8.53. The first-order valence-electron chi connectivity index (χ1n) is 6.35. The molecule has 2 heterocycles. The lowest BCUT2D eigenvalue weighted by molar-refractivity contribution is -0.0517. The van der Waals surface area contributed by atoms with Crippen LogP contribution in [-0.4, -0.2) is 18.7 Å². The van der Waals surface area contributed by atoms with Crippen LogP contribution in [0.3, 0.4) is 0 Å². The molecule has 1 aromatic carbocycles. The molecule has 2 aliphatic rings. The van der Waals surface area contributed by atoms with Gasteiger partial charge in [0, 0.05) is 24.6 Å². The highest BCUT2D eigenvalue weighted by Gasteiger charge is 2.45. The summed E-state index contributed by atoms with van der Waals surface area (Å²) in [7, 11) is 0. The highest BCUT2D eigenvalue weighted by molar-refractivity contribution is 6.33. The van der Waals surface area contributed by atoms with Gasteiger partial charge in [0.05, 0.1) is 17.2 Å². The fourth-order valence-corrected chi connectivity index (χ4v) is 3.46. The quantitative estimate of drug-likeness (QED) is 0.839. The molecule has 0 unspecified atom stereocenters. The van der Waals surface area contributed by atoms with Crippen LogP contribution in [0.15, 0.2) is 18.7 Å². The van der Waals surface area contributed by atoms with Crippen molar-refractivity contribution in [2.75, 3.05) is 13.1 Å². The summed E-state index contributed by atoms with van der Waals surface area (Å²) in [6, 6.07) is 4.29. The van der Waals surface area contributed by atoms with Crippen LogP contribution in [0.25, 0.3) is 5.57 Å². The fourth-order valence-electron chi connectivity index (χ4n) is 3.07. The van der Waals surface area contributed by atoms with E-state index in [1.54, 1.807) is 0 Å². The van der Waals surface area contributed by atoms with Crippen LogP contribution in [-0.2, 0) is 11.3 Å². The molecule has 0 radical (unpaired) electrons. The van der Waals surface area contributed by atoms with Crippen LogP contribution in [0, 0.1) is 0 Å². The number of fused-ring (bicyclic) bond motifs is 3. The third-order valence-electron chi connectivity index (χ3n) is 4.22. The Labute approximate surface area is 113 Å². The van der Waals surface area contributed by atoms with Gasteiger partial charge in [0.15, 0.2) is 0 Å². The monoisotopic (exact) mass is 263 g/mol. The van der Waals surface area contributed by atoms with Crippen molar-refractivity contribution in [3.63, 3.8) is 0 Å². The number of ether oxygens (including phenoxy) is 1. The normalized spacial score (nSPS) is 29.8. The van der Waals surface area contributed by atoms with Crippen LogP contribution < -0.4 is 5.32 Å². The molecule has 1 fully saturated rings. The predicted octanol–water partition coefficient (Wildman–Crippen LogP) is 3.35. The molecule has 3 rings (SSSR count). The Hall–Kier alpha value is -0.830. The lowest BCUT2D eigenvalue weighted by atomic mass is 9.81. The second-order valence-corrected chi connectivity index (χ2v) is 5.94. The van der Waals surface area contributed by atoms with Crippen LogP contribution >= 0.6 is 11.6 Å². The summed E-state index contributed by atoms with van der Waals surface area (Å²) in [5.74, 6) is 0.401. The van der Waals surface area contributed by atoms with Gasteiger partial charge < -0.3 is 10.1 Å². The summed E-state index contributed by atoms with van der Waals surface area (Å²) in [5, 5.41) is 4.23. The molecule has 2 aliphatic heterocycles. The topological polar surface area (TPSA) is 21.3 Å². The second kappa shape index (κ2) is 4.09. The number of hydrogen-bond acceptors (Lipinski definition) is 2. The molecule has 1 aromatic rings. The van der Waals surface area contributed by atoms with Crippen molar-refractivity contribution < 1.29 is 4.74 Å². The van der Waals surface area contributed by atoms with Gasteiger partial charge in [0.25, 0.3) is 0 Å². The van der Waals surface area contributed by atoms with Crippen LogP contribution in [0.5, 0.6) is 0 Å². The molecule has 18 heavy (non-hydrogen) atoms. The lowest BCUT2D eigenvalue weighted by Crippen LogP contribution is -2.39. The first-order valence-corrected chi connectivity index (χ1v) is 6.72. The van der Waals surface area contributed by atoms with E-state index in [9.17, 15) is 0 Å². The molecule has 0 aromatic heterocycles. The molecule has 1 saturated heterocycles. The van der Waals surface area contributed by atoms with Crippen LogP contribution in [0.4, 0.5) is 0 Å². The van der Waals surface area contributed by atoms with Crippen LogP contribution in [0.2, 0.25) is 5.02 Å². The van der Waals surface area contributed by atoms with E-state index < -0.39 is 0 Å². The third-order valence-corrected chi connectivity index (χ3v) is 4.65. The number of rotatable bonds is 1. The van der Waals surface area contributed by atoms with Crippen LogP contribution in [0.1, 0.15) is 36.5 Å². The van der Waals surface area contributed by atoms with Gasteiger partial charge >= 0.3 is 0 Å². The van der Waals surface area contributed by atoms with Gasteiger partial charge in [-0.2, -0.15) is 0 Å². The Bertz CT molecular complexity index is 525. The number of allylic oxidation sites excluding steroid dienone is 1. The van der Waals surface area contributed by atoms with Crippen molar-refractivity contribution in [1.29, 1.82) is 0 Å². The summed E-state index contributed by atoms with van der Waals surface area (Å²) in [6.45, 7) is 10.6. The fraction of sp³-hybridized carbons (Fsp3) is 0.467. The maximum atomic E-state index is 6.50. The Balaban J connectivity index is 2.13. The van der Waals surface area contributed by atoms with Gasteiger partial charge in [-0.05, 0) is 30.5 Å². The smallest absolute Gasteiger partial charge is 0.0863 e. The van der Waals surface area contributed by atoms with E-state index in [0.717, 1.165) is 34.8 Å². The number of benzene rings is 1. The average Bonchev–Trinajstić information content (AvgIpc) is 2.71. The van der Waals surface area contributed by atoms with Crippen molar-refractivity contribution in [1.82, 2.24) is 5.32 Å². The maximum Gasteiger partial charge on any atom is 0.0863 e. The summed E-state index contributed by atoms with van der Waals surface area (Å²) in [4.78, 5) is 0. The number of nitrogens with one attached hydrogen (secondary N) is 1. The van der Waals surface area contributed by atoms with Crippen molar-refractivity contribution in [3.8, 4) is 0 Å². The molecule has 0 saturated carbocycles. The average molecular weight is 264 g/mol. The molecule has 96 valence electrons. The molecular formula is C15H18ClNO. The Morgan fingerprint density at radius 3 is 3.06 bits per heavy atom. The maximum absolute atomic E-state index is 6.50. The summed E-state index contributed by atoms with van der Waals surface area (Å²) in [5.41, 5.74) is 4.43. The highest BCUT2D eigenvalue weighted by atomic mass is 35.5. The zero-order chi connectivity index (χ0) is 12.9. The Morgan fingerprint density at radius 1 is 1.56 bits per heavy atom. The van der Waals surface area contributed by atoms with Crippen molar-refractivity contribution >= 4 is 17.2 Å². The lowest BCUT2D eigenvalue weighted by Gasteiger charge is -2.37. The van der Waals surface area contributed by atoms with E-state index in [2.05, 4.69) is 31.0 Å². The van der Waals surface area contributed by atoms with Gasteiger partial charge in [0.1, 0.15) is 0 Å². The largest absolute Gasteiger partial charge is 0.369 e. The first kappa shape index (κ1) is 12.2. The molecule has 2 atom stereocenters. The van der Waals surface area contributed by atoms with Gasteiger partial charge in [-0.1, -0.05) is 30.3 Å². The molecule has 1 N–H and O–H groups in total. The van der Waals surface area contributed by atoms with E-state index in [-0.39, 0.29) is 5.60 Å². The minimum absolute atomic E-state index is 0.0823. The SMILES string of the molecule is C=C(C)c1ccc2c(c1Cl)CO[C@]1(C)CNC[C@H]21. The van der Waals surface area contributed by atoms with Crippen molar-refractivity contribution in [2.24, 2.45) is 0 Å². The minimum Gasteiger partial charge on any atom is -0.369 e. The molecule has 0 spiro atoms. The third kappa shape index (κ3) is 1.63. The number of halogens is 1. The molecule has 0 amide bonds. The van der Waals surface area contributed by atoms with E-state index in [4.69, 9.17) is 16.3 Å². The van der Waals surface area contributed by atoms with Crippen molar-refractivity contribution in [2.45, 2.75) is 32.0 Å². The highest BCUT2D eigenvalue weighted by Crippen LogP contribution is 2.44. The number of hydrogen-bond donors (Lipinski definition) is 1. The van der Waals surface area contributed by atoms with Crippen molar-refractivity contribution in [3.05, 3.63) is 40.4 Å². The predicted molar refractivity (Wildman–Crippen MR) is 75.0 cm³/mol. The van der Waals surface area contributed by atoms with Gasteiger partial charge in [-0.3, -0.25) is 0 Å². The Morgan fingerprint density at radius 2 is 2.33 bits per heavy atom. The van der Waals surface area contributed by atoms with E-state index >= 15 is 0 Å². The molecule has 0 aliphatic carbocycles. The van der Waals surface area contributed by atoms with E-state index in [1.807, 2.05) is 6.92 Å². The van der Waals surface area contributed by atoms with E-state index in [1.165, 1.54) is 5.56 Å². The zero-order valence-corrected chi connectivity index (χ0v) is 11.6. The summed E-state index contributed by atoms with van der Waals surface area (Å²) >= 11 is 6.50. The molecule has 3 heteroatoms. The summed E-state index contributed by atoms with van der Waals surface area (Å²) < 4.78 is 6.05. The zero-order valence-electron chi connectivity index (χ0n) is 10.8. The Kier molecular flexibility index (Phi) is 2.77. The standard InChI is InChI=1S/C15H18ClNO/c1-9(2)10-4-5-11-12(14(10)16)7-18-15(3)8-17-6-13(11)15/h4-5,13,17H,1,6-8H2,2-3H3/t13-,15-/m1/s1. The van der Waals surface area contributed by atoms with Gasteiger partial charge in [-0.15, -0.1) is 0 Å².